The van der Waals surface area contributed by atoms with E-state index in [2.05, 4.69) is 0 Å². The largest absolute Gasteiger partial charge is 0.490 e. The van der Waals surface area contributed by atoms with Gasteiger partial charge in [0.2, 0.25) is 0 Å². The van der Waals surface area contributed by atoms with E-state index in [1.165, 1.54) is 38.5 Å². The topological polar surface area (TPSA) is 35.2 Å². The Morgan fingerprint density at radius 1 is 1.10 bits per heavy atom. The smallest absolute Gasteiger partial charge is 0.137 e. The fraction of sp³-hybridized carbons (Fsp3) is 0.667. The maximum absolute atomic E-state index is 6.60. The normalized spacial score (nSPS) is 38.5. The summed E-state index contributed by atoms with van der Waals surface area (Å²) < 4.78 is 5.93. The predicted octanol–water partition coefficient (Wildman–Crippen LogP) is 4.26. The van der Waals surface area contributed by atoms with Crippen molar-refractivity contribution in [2.45, 2.75) is 44.6 Å². The Morgan fingerprint density at radius 3 is 2.24 bits per heavy atom. The Bertz CT molecular complexity index is 494. The highest BCUT2D eigenvalue weighted by molar-refractivity contribution is 6.32. The molecule has 0 heterocycles. The highest BCUT2D eigenvalue weighted by Gasteiger charge is 2.53. The molecule has 4 aliphatic rings. The maximum atomic E-state index is 6.60. The van der Waals surface area contributed by atoms with Crippen LogP contribution in [0, 0.1) is 23.2 Å². The van der Waals surface area contributed by atoms with Crippen LogP contribution in [0.25, 0.3) is 0 Å². The van der Waals surface area contributed by atoms with E-state index in [1.807, 2.05) is 24.3 Å². The molecule has 4 saturated carbocycles. The SMILES string of the molecule is NC(COc1ccccc1Cl)C12CC3CC(CC(C3)C1)C2. The number of hydrogen-bond acceptors (Lipinski definition) is 2. The van der Waals surface area contributed by atoms with Gasteiger partial charge in [0.05, 0.1) is 5.02 Å². The summed E-state index contributed by atoms with van der Waals surface area (Å²) in [5, 5.41) is 0.676. The van der Waals surface area contributed by atoms with Crippen LogP contribution in [0.3, 0.4) is 0 Å². The molecule has 0 amide bonds. The van der Waals surface area contributed by atoms with Crippen LogP contribution in [0.5, 0.6) is 5.75 Å². The van der Waals surface area contributed by atoms with Gasteiger partial charge in [0, 0.05) is 6.04 Å². The minimum Gasteiger partial charge on any atom is -0.490 e. The van der Waals surface area contributed by atoms with E-state index in [0.717, 1.165) is 23.5 Å². The third-order valence-electron chi connectivity index (χ3n) is 6.13. The van der Waals surface area contributed by atoms with Crippen molar-refractivity contribution in [2.75, 3.05) is 6.61 Å². The standard InChI is InChI=1S/C18H24ClNO/c19-15-3-1-2-4-16(15)21-11-17(20)18-8-12-5-13(9-18)7-14(6-12)10-18/h1-4,12-14,17H,5-11,20H2. The van der Waals surface area contributed by atoms with Crippen molar-refractivity contribution < 1.29 is 4.74 Å². The summed E-state index contributed by atoms with van der Waals surface area (Å²) in [5.74, 6) is 3.56. The van der Waals surface area contributed by atoms with Crippen LogP contribution in [-0.4, -0.2) is 12.6 Å². The monoisotopic (exact) mass is 305 g/mol. The van der Waals surface area contributed by atoms with Crippen molar-refractivity contribution in [3.8, 4) is 5.75 Å². The number of nitrogens with two attached hydrogens (primary N) is 1. The Balaban J connectivity index is 1.45. The van der Waals surface area contributed by atoms with E-state index < -0.39 is 0 Å². The summed E-state index contributed by atoms with van der Waals surface area (Å²) in [6.45, 7) is 0.593. The molecule has 0 aromatic heterocycles. The summed E-state index contributed by atoms with van der Waals surface area (Å²) in [4.78, 5) is 0. The molecule has 0 spiro atoms. The average molecular weight is 306 g/mol. The lowest BCUT2D eigenvalue weighted by atomic mass is 9.48. The molecule has 0 saturated heterocycles. The van der Waals surface area contributed by atoms with Gasteiger partial charge in [-0.2, -0.15) is 0 Å². The van der Waals surface area contributed by atoms with E-state index in [0.29, 0.717) is 17.0 Å². The predicted molar refractivity (Wildman–Crippen MR) is 85.5 cm³/mol. The number of halogens is 1. The zero-order valence-corrected chi connectivity index (χ0v) is 13.2. The lowest BCUT2D eigenvalue weighted by molar-refractivity contribution is -0.0730. The fourth-order valence-electron chi connectivity index (χ4n) is 5.55. The fourth-order valence-corrected chi connectivity index (χ4v) is 5.74. The van der Waals surface area contributed by atoms with Crippen molar-refractivity contribution >= 4 is 11.6 Å². The summed E-state index contributed by atoms with van der Waals surface area (Å²) in [5.41, 5.74) is 6.95. The summed E-state index contributed by atoms with van der Waals surface area (Å²) in [6, 6.07) is 7.82. The first-order valence-electron chi connectivity index (χ1n) is 8.27. The highest BCUT2D eigenvalue weighted by Crippen LogP contribution is 2.61. The lowest BCUT2D eigenvalue weighted by Gasteiger charge is -2.58. The van der Waals surface area contributed by atoms with Gasteiger partial charge < -0.3 is 10.5 Å². The van der Waals surface area contributed by atoms with Crippen LogP contribution >= 0.6 is 11.6 Å². The Hall–Kier alpha value is -0.730. The van der Waals surface area contributed by atoms with Gasteiger partial charge in [-0.15, -0.1) is 0 Å². The summed E-state index contributed by atoms with van der Waals surface area (Å²) in [6.07, 6.45) is 8.34. The van der Waals surface area contributed by atoms with Gasteiger partial charge in [-0.1, -0.05) is 23.7 Å². The van der Waals surface area contributed by atoms with Gasteiger partial charge in [0.15, 0.2) is 0 Å². The quantitative estimate of drug-likeness (QED) is 0.902. The molecule has 1 atom stereocenters. The van der Waals surface area contributed by atoms with Crippen molar-refractivity contribution in [2.24, 2.45) is 28.9 Å². The Labute approximate surface area is 132 Å². The average Bonchev–Trinajstić information content (AvgIpc) is 2.44. The van der Waals surface area contributed by atoms with Gasteiger partial charge >= 0.3 is 0 Å². The van der Waals surface area contributed by atoms with Gasteiger partial charge in [-0.05, 0) is 73.8 Å². The van der Waals surface area contributed by atoms with Gasteiger partial charge in [0.25, 0.3) is 0 Å². The second-order valence-corrected chi connectivity index (χ2v) is 8.04. The van der Waals surface area contributed by atoms with Crippen LogP contribution in [-0.2, 0) is 0 Å². The molecule has 4 aliphatic carbocycles. The van der Waals surface area contributed by atoms with E-state index in [4.69, 9.17) is 22.1 Å². The molecule has 0 aliphatic heterocycles. The van der Waals surface area contributed by atoms with Crippen LogP contribution in [0.2, 0.25) is 5.02 Å². The molecule has 1 aromatic rings. The summed E-state index contributed by atoms with van der Waals surface area (Å²) >= 11 is 6.16. The Kier molecular flexibility index (Phi) is 3.42. The second-order valence-electron chi connectivity index (χ2n) is 7.63. The number of rotatable bonds is 4. The lowest BCUT2D eigenvalue weighted by Crippen LogP contribution is -2.56. The van der Waals surface area contributed by atoms with E-state index in [1.54, 1.807) is 0 Å². The van der Waals surface area contributed by atoms with Gasteiger partial charge in [-0.25, -0.2) is 0 Å². The zero-order valence-electron chi connectivity index (χ0n) is 12.4. The second kappa shape index (κ2) is 5.17. The number of hydrogen-bond donors (Lipinski definition) is 1. The zero-order chi connectivity index (χ0) is 14.4. The Morgan fingerprint density at radius 2 is 1.67 bits per heavy atom. The van der Waals surface area contributed by atoms with E-state index in [9.17, 15) is 0 Å². The van der Waals surface area contributed by atoms with Crippen molar-refractivity contribution in [3.63, 3.8) is 0 Å². The molecule has 1 unspecified atom stereocenters. The minimum atomic E-state index is 0.141. The van der Waals surface area contributed by atoms with Gasteiger partial charge in [-0.3, -0.25) is 0 Å². The number of ether oxygens (including phenoxy) is 1. The van der Waals surface area contributed by atoms with Crippen molar-refractivity contribution in [1.82, 2.24) is 0 Å². The third-order valence-corrected chi connectivity index (χ3v) is 6.44. The molecule has 21 heavy (non-hydrogen) atoms. The van der Waals surface area contributed by atoms with Crippen LogP contribution in [0.4, 0.5) is 0 Å². The molecule has 114 valence electrons. The maximum Gasteiger partial charge on any atom is 0.137 e. The van der Waals surface area contributed by atoms with Crippen molar-refractivity contribution in [1.29, 1.82) is 0 Å². The molecule has 2 N–H and O–H groups in total. The third kappa shape index (κ3) is 2.47. The molecule has 3 heteroatoms. The van der Waals surface area contributed by atoms with E-state index in [-0.39, 0.29) is 6.04 Å². The van der Waals surface area contributed by atoms with Crippen LogP contribution in [0.15, 0.2) is 24.3 Å². The van der Waals surface area contributed by atoms with E-state index >= 15 is 0 Å². The number of benzene rings is 1. The van der Waals surface area contributed by atoms with Crippen LogP contribution < -0.4 is 10.5 Å². The first-order valence-corrected chi connectivity index (χ1v) is 8.65. The molecule has 4 bridgehead atoms. The molecule has 2 nitrogen and oxygen atoms in total. The molecular formula is C18H24ClNO. The van der Waals surface area contributed by atoms with Crippen LogP contribution in [0.1, 0.15) is 38.5 Å². The molecule has 4 fully saturated rings. The first-order chi connectivity index (χ1) is 10.1. The molecule has 1 aromatic carbocycles. The first kappa shape index (κ1) is 13.9. The number of para-hydroxylation sites is 1. The molecular weight excluding hydrogens is 282 g/mol. The molecule has 0 radical (unpaired) electrons. The van der Waals surface area contributed by atoms with Crippen molar-refractivity contribution in [3.05, 3.63) is 29.3 Å². The summed E-state index contributed by atoms with van der Waals surface area (Å²) in [7, 11) is 0. The minimum absolute atomic E-state index is 0.141. The molecule has 5 rings (SSSR count). The highest BCUT2D eigenvalue weighted by atomic mass is 35.5. The van der Waals surface area contributed by atoms with Gasteiger partial charge in [0.1, 0.15) is 12.4 Å².